The van der Waals surface area contributed by atoms with Crippen LogP contribution >= 0.6 is 24.0 Å². The minimum Gasteiger partial charge on any atom is -0.396 e. The molecule has 0 bridgehead atoms. The van der Waals surface area contributed by atoms with Gasteiger partial charge in [0.1, 0.15) is 0 Å². The summed E-state index contributed by atoms with van der Waals surface area (Å²) in [5, 5.41) is 19.0. The second-order valence-electron chi connectivity index (χ2n) is 8.41. The number of carbonyl (C=O) groups excluding carboxylic acids is 1. The molecule has 1 saturated heterocycles. The Morgan fingerprint density at radius 1 is 1.23 bits per heavy atom. The number of likely N-dealkylation sites (tertiary alicyclic amines) is 1. The van der Waals surface area contributed by atoms with Crippen molar-refractivity contribution in [2.45, 2.75) is 53.0 Å². The summed E-state index contributed by atoms with van der Waals surface area (Å²) < 4.78 is 0. The molecule has 176 valence electrons. The average Bonchev–Trinajstić information content (AvgIpc) is 3.25. The molecule has 0 aliphatic carbocycles. The maximum atomic E-state index is 12.3. The standard InChI is InChI=1S/C23H39N5O2.HI/c1-4-24-22(26-17-20(10-13-29)14-18(2)3)25-16-19-8-7-9-21(15-19)27-23(30)28-11-5-6-12-28;/h7-9,15,18,20,29H,4-6,10-14,16-17H2,1-3H3,(H,27,30)(H2,24,25,26);1H. The Morgan fingerprint density at radius 3 is 2.61 bits per heavy atom. The van der Waals surface area contributed by atoms with Crippen molar-refractivity contribution in [2.75, 3.05) is 38.1 Å². The van der Waals surface area contributed by atoms with Crippen LogP contribution in [0.1, 0.15) is 52.0 Å². The third-order valence-corrected chi connectivity index (χ3v) is 5.24. The highest BCUT2D eigenvalue weighted by Gasteiger charge is 2.17. The molecule has 1 fully saturated rings. The number of hydrogen-bond donors (Lipinski definition) is 4. The molecule has 0 radical (unpaired) electrons. The van der Waals surface area contributed by atoms with Crippen molar-refractivity contribution < 1.29 is 9.90 Å². The molecule has 4 N–H and O–H groups in total. The molecule has 0 aromatic heterocycles. The molecule has 1 aromatic carbocycles. The number of aliphatic hydroxyl groups excluding tert-OH is 1. The lowest BCUT2D eigenvalue weighted by atomic mass is 9.94. The number of nitrogens with one attached hydrogen (secondary N) is 3. The lowest BCUT2D eigenvalue weighted by Gasteiger charge is -2.20. The molecule has 1 aromatic rings. The van der Waals surface area contributed by atoms with Crippen molar-refractivity contribution >= 4 is 41.7 Å². The van der Waals surface area contributed by atoms with Gasteiger partial charge in [-0.1, -0.05) is 26.0 Å². The van der Waals surface area contributed by atoms with Gasteiger partial charge in [0.05, 0.1) is 6.54 Å². The van der Waals surface area contributed by atoms with Gasteiger partial charge in [0, 0.05) is 38.5 Å². The maximum Gasteiger partial charge on any atom is 0.321 e. The van der Waals surface area contributed by atoms with E-state index >= 15 is 0 Å². The van der Waals surface area contributed by atoms with Crippen molar-refractivity contribution in [2.24, 2.45) is 16.8 Å². The number of nitrogens with zero attached hydrogens (tertiary/aromatic N) is 2. The van der Waals surface area contributed by atoms with Crippen molar-refractivity contribution in [3.63, 3.8) is 0 Å². The van der Waals surface area contributed by atoms with Crippen LogP contribution in [0.25, 0.3) is 0 Å². The number of rotatable bonds is 10. The molecule has 2 rings (SSSR count). The monoisotopic (exact) mass is 545 g/mol. The fraction of sp³-hybridized carbons (Fsp3) is 0.652. The number of urea groups is 1. The molecule has 2 amide bonds. The third-order valence-electron chi connectivity index (χ3n) is 5.24. The number of amides is 2. The molecule has 8 heteroatoms. The molecule has 1 heterocycles. The van der Waals surface area contributed by atoms with Gasteiger partial charge in [-0.25, -0.2) is 9.79 Å². The molecular formula is C23H40IN5O2. The van der Waals surface area contributed by atoms with Gasteiger partial charge in [0.15, 0.2) is 5.96 Å². The van der Waals surface area contributed by atoms with Gasteiger partial charge >= 0.3 is 6.03 Å². The van der Waals surface area contributed by atoms with E-state index in [1.165, 1.54) is 0 Å². The lowest BCUT2D eigenvalue weighted by Crippen LogP contribution is -2.40. The molecule has 7 nitrogen and oxygen atoms in total. The number of hydrogen-bond acceptors (Lipinski definition) is 3. The van der Waals surface area contributed by atoms with E-state index in [1.807, 2.05) is 36.1 Å². The van der Waals surface area contributed by atoms with Crippen LogP contribution in [-0.4, -0.2) is 54.8 Å². The van der Waals surface area contributed by atoms with Crippen LogP contribution in [-0.2, 0) is 6.54 Å². The molecule has 0 spiro atoms. The van der Waals surface area contributed by atoms with E-state index in [-0.39, 0.29) is 36.6 Å². The van der Waals surface area contributed by atoms with E-state index in [0.29, 0.717) is 18.4 Å². The van der Waals surface area contributed by atoms with Crippen molar-refractivity contribution in [3.8, 4) is 0 Å². The summed E-state index contributed by atoms with van der Waals surface area (Å²) in [7, 11) is 0. The van der Waals surface area contributed by atoms with Crippen molar-refractivity contribution in [3.05, 3.63) is 29.8 Å². The van der Waals surface area contributed by atoms with E-state index in [4.69, 9.17) is 4.99 Å². The maximum absolute atomic E-state index is 12.3. The third kappa shape index (κ3) is 10.5. The van der Waals surface area contributed by atoms with Gasteiger partial charge in [-0.15, -0.1) is 24.0 Å². The van der Waals surface area contributed by atoms with Crippen molar-refractivity contribution in [1.82, 2.24) is 15.5 Å². The highest BCUT2D eigenvalue weighted by Crippen LogP contribution is 2.16. The Kier molecular flexibility index (Phi) is 13.6. The van der Waals surface area contributed by atoms with Crippen LogP contribution in [0.2, 0.25) is 0 Å². The van der Waals surface area contributed by atoms with Crippen LogP contribution in [0.5, 0.6) is 0 Å². The van der Waals surface area contributed by atoms with Crippen LogP contribution in [0.15, 0.2) is 29.3 Å². The van der Waals surface area contributed by atoms with Gasteiger partial charge in [-0.05, 0) is 62.1 Å². The minimum absolute atomic E-state index is 0. The number of carbonyl (C=O) groups is 1. The number of aliphatic hydroxyl groups is 1. The summed E-state index contributed by atoms with van der Waals surface area (Å²) in [5.74, 6) is 1.79. The van der Waals surface area contributed by atoms with Gasteiger partial charge in [0.2, 0.25) is 0 Å². The number of halogens is 1. The molecule has 1 unspecified atom stereocenters. The SMILES string of the molecule is CCNC(=NCc1cccc(NC(=O)N2CCCC2)c1)NCC(CCO)CC(C)C.I. The average molecular weight is 546 g/mol. The zero-order chi connectivity index (χ0) is 21.8. The van der Waals surface area contributed by atoms with Crippen LogP contribution < -0.4 is 16.0 Å². The van der Waals surface area contributed by atoms with E-state index < -0.39 is 0 Å². The molecule has 1 aliphatic rings. The van der Waals surface area contributed by atoms with E-state index in [9.17, 15) is 9.90 Å². The summed E-state index contributed by atoms with van der Waals surface area (Å²) >= 11 is 0. The highest BCUT2D eigenvalue weighted by molar-refractivity contribution is 14.0. The first-order chi connectivity index (χ1) is 14.5. The smallest absolute Gasteiger partial charge is 0.321 e. The Hall–Kier alpha value is -1.55. The zero-order valence-electron chi connectivity index (χ0n) is 19.2. The summed E-state index contributed by atoms with van der Waals surface area (Å²) in [4.78, 5) is 18.9. The van der Waals surface area contributed by atoms with Gasteiger partial charge in [0.25, 0.3) is 0 Å². The Balaban J connectivity index is 0.00000480. The Morgan fingerprint density at radius 2 is 1.97 bits per heavy atom. The normalized spacial score (nSPS) is 14.9. The number of anilines is 1. The Bertz CT molecular complexity index is 678. The van der Waals surface area contributed by atoms with Gasteiger partial charge in [-0.3, -0.25) is 0 Å². The largest absolute Gasteiger partial charge is 0.396 e. The summed E-state index contributed by atoms with van der Waals surface area (Å²) in [6.07, 6.45) is 4.03. The van der Waals surface area contributed by atoms with E-state index in [2.05, 4.69) is 29.8 Å². The van der Waals surface area contributed by atoms with Crippen LogP contribution in [0.4, 0.5) is 10.5 Å². The molecule has 0 saturated carbocycles. The first kappa shape index (κ1) is 27.5. The predicted molar refractivity (Wildman–Crippen MR) is 139 cm³/mol. The summed E-state index contributed by atoms with van der Waals surface area (Å²) in [6, 6.07) is 7.84. The van der Waals surface area contributed by atoms with Gasteiger partial charge < -0.3 is 26.0 Å². The van der Waals surface area contributed by atoms with Crippen LogP contribution in [0.3, 0.4) is 0 Å². The summed E-state index contributed by atoms with van der Waals surface area (Å²) in [6.45, 7) is 10.4. The topological polar surface area (TPSA) is 89.0 Å². The molecular weight excluding hydrogens is 505 g/mol. The van der Waals surface area contributed by atoms with Crippen molar-refractivity contribution in [1.29, 1.82) is 0 Å². The Labute approximate surface area is 204 Å². The quantitative estimate of drug-likeness (QED) is 0.203. The number of aliphatic imine (C=N–C) groups is 1. The molecule has 1 aliphatic heterocycles. The number of guanidine groups is 1. The van der Waals surface area contributed by atoms with E-state index in [0.717, 1.165) is 69.1 Å². The fourth-order valence-corrected chi connectivity index (χ4v) is 3.78. The molecule has 31 heavy (non-hydrogen) atoms. The first-order valence-electron chi connectivity index (χ1n) is 11.3. The van der Waals surface area contributed by atoms with Crippen LogP contribution in [0, 0.1) is 11.8 Å². The second kappa shape index (κ2) is 15.3. The molecule has 1 atom stereocenters. The van der Waals surface area contributed by atoms with E-state index in [1.54, 1.807) is 0 Å². The second-order valence-corrected chi connectivity index (χ2v) is 8.41. The lowest BCUT2D eigenvalue weighted by molar-refractivity contribution is 0.222. The first-order valence-corrected chi connectivity index (χ1v) is 11.3. The highest BCUT2D eigenvalue weighted by atomic mass is 127. The predicted octanol–water partition coefficient (Wildman–Crippen LogP) is 4.03. The van der Waals surface area contributed by atoms with Gasteiger partial charge in [-0.2, -0.15) is 0 Å². The number of benzene rings is 1. The summed E-state index contributed by atoms with van der Waals surface area (Å²) in [5.41, 5.74) is 1.85. The zero-order valence-corrected chi connectivity index (χ0v) is 21.5. The minimum atomic E-state index is -0.0248. The fourth-order valence-electron chi connectivity index (χ4n) is 3.78.